The lowest BCUT2D eigenvalue weighted by molar-refractivity contribution is -0.183. The molecule has 63 heavy (non-hydrogen) atoms. The number of carbonyl (C=O) groups is 6. The fourth-order valence-corrected chi connectivity index (χ4v) is 7.66. The summed E-state index contributed by atoms with van der Waals surface area (Å²) < 4.78 is 27.9. The summed E-state index contributed by atoms with van der Waals surface area (Å²) in [6.45, 7) is 13.6. The minimum absolute atomic E-state index is 0.00133. The van der Waals surface area contributed by atoms with Gasteiger partial charge >= 0.3 is 17.9 Å². The number of esters is 3. The standard InChI is InChI=1S/C42H53NO16.C2H4O2/c1-17-13-12-14-41(9,53)37(49)21(5)31(47)28(40(52)55-11)36(59-24(8)45)22(6)38(50)42(10,54)15-18(2)33-27-25-26(30(46)20(4)34(27)57-16-56-33)32(48)29(43-39(17)51)19(3)35(25)58-23(7)44;1-2(3)4/h12-15,21-22,28,31,36-38,47-50,53-54H,16H2,1-11H3,(H,43,51);1H3,(H,3,4)/b14-12-,17-13+,18-15-;. The Hall–Kier alpha value is -5.86. The first-order valence-corrected chi connectivity index (χ1v) is 19.7. The summed E-state index contributed by atoms with van der Waals surface area (Å²) in [5, 5.41) is 79.9. The van der Waals surface area contributed by atoms with Crippen LogP contribution in [0.25, 0.3) is 5.57 Å². The molecule has 4 aliphatic rings. The van der Waals surface area contributed by atoms with Gasteiger partial charge in [-0.3, -0.25) is 28.8 Å². The van der Waals surface area contributed by atoms with Crippen molar-refractivity contribution in [2.45, 2.75) is 112 Å². The average molecular weight is 888 g/mol. The number of benzene rings is 1. The van der Waals surface area contributed by atoms with Crippen LogP contribution >= 0.6 is 0 Å². The number of aliphatic hydroxyl groups excluding tert-OH is 3. The number of aliphatic hydroxyl groups is 5. The van der Waals surface area contributed by atoms with E-state index < -0.39 is 101 Å². The number of phenols is 1. The molecule has 9 atom stereocenters. The van der Waals surface area contributed by atoms with Crippen molar-refractivity contribution in [2.75, 3.05) is 19.2 Å². The van der Waals surface area contributed by atoms with Gasteiger partial charge in [0, 0.05) is 54.9 Å². The molecule has 3 heterocycles. The van der Waals surface area contributed by atoms with Crippen molar-refractivity contribution in [3.05, 3.63) is 69.2 Å². The van der Waals surface area contributed by atoms with Gasteiger partial charge in [0.05, 0.1) is 42.2 Å². The van der Waals surface area contributed by atoms with Crippen LogP contribution in [-0.2, 0) is 42.9 Å². The van der Waals surface area contributed by atoms with Gasteiger partial charge in [-0.15, -0.1) is 0 Å². The lowest BCUT2D eigenvalue weighted by Crippen LogP contribution is -2.55. The smallest absolute Gasteiger partial charge is 0.315 e. The zero-order chi connectivity index (χ0) is 48.2. The molecule has 1 aromatic rings. The van der Waals surface area contributed by atoms with E-state index in [2.05, 4.69) is 5.32 Å². The highest BCUT2D eigenvalue weighted by atomic mass is 16.7. The maximum atomic E-state index is 14.0. The Labute approximate surface area is 363 Å². The number of aliphatic carboxylic acids is 1. The van der Waals surface area contributed by atoms with E-state index in [1.807, 2.05) is 0 Å². The molecule has 0 radical (unpaired) electrons. The summed E-state index contributed by atoms with van der Waals surface area (Å²) >= 11 is 0. The number of fused-ring (bicyclic) bond motifs is 14. The summed E-state index contributed by atoms with van der Waals surface area (Å²) in [5.41, 5.74) is -5.03. The minimum atomic E-state index is -2.26. The van der Waals surface area contributed by atoms with E-state index >= 15 is 0 Å². The van der Waals surface area contributed by atoms with Gasteiger partial charge in [0.15, 0.2) is 11.5 Å². The number of hydrogen-bond donors (Lipinski definition) is 8. The first-order chi connectivity index (χ1) is 29.0. The second-order valence-electron chi connectivity index (χ2n) is 16.1. The second-order valence-corrected chi connectivity index (χ2v) is 16.1. The number of carboxylic acids is 1. The van der Waals surface area contributed by atoms with Crippen molar-refractivity contribution < 1.29 is 88.2 Å². The van der Waals surface area contributed by atoms with E-state index in [9.17, 15) is 54.6 Å². The average Bonchev–Trinajstić information content (AvgIpc) is 3.19. The van der Waals surface area contributed by atoms with Gasteiger partial charge in [-0.1, -0.05) is 32.1 Å². The molecular weight excluding hydrogens is 830 g/mol. The lowest BCUT2D eigenvalue weighted by atomic mass is 9.74. The summed E-state index contributed by atoms with van der Waals surface area (Å²) in [6.07, 6.45) is -2.49. The molecule has 346 valence electrons. The van der Waals surface area contributed by atoms with Crippen LogP contribution in [0.3, 0.4) is 0 Å². The van der Waals surface area contributed by atoms with E-state index in [4.69, 9.17) is 33.6 Å². The molecule has 0 aromatic heterocycles. The van der Waals surface area contributed by atoms with Crippen LogP contribution in [0.15, 0.2) is 52.5 Å². The van der Waals surface area contributed by atoms with Crippen molar-refractivity contribution in [2.24, 2.45) is 17.8 Å². The summed E-state index contributed by atoms with van der Waals surface area (Å²) in [5.74, 6) is -10.7. The largest absolute Gasteiger partial charge is 0.505 e. The number of allylic oxidation sites excluding steroid dienone is 5. The topological polar surface area (TPSA) is 302 Å². The molecule has 19 heteroatoms. The van der Waals surface area contributed by atoms with Gasteiger partial charge in [0.1, 0.15) is 40.5 Å². The van der Waals surface area contributed by atoms with Gasteiger partial charge in [0.2, 0.25) is 6.79 Å². The van der Waals surface area contributed by atoms with Crippen LogP contribution in [0, 0.1) is 24.7 Å². The summed E-state index contributed by atoms with van der Waals surface area (Å²) in [7, 11) is 1.01. The van der Waals surface area contributed by atoms with E-state index in [-0.39, 0.29) is 61.9 Å². The van der Waals surface area contributed by atoms with E-state index in [0.717, 1.165) is 34.0 Å². The number of carbonyl (C=O) groups excluding carboxylic acids is 5. The SMILES string of the molecule is CC(=O)O.COC(=O)C1C(O)C(C)C(O)C(C)(O)/C=C\C=C(/C)C(=O)Nc2c(C)c(OC(C)=O)c3c(c2O)C(=O)C(C)=C2OCOC(=C23)/C(C)=C\C(C)(O)C(O)C(C)C1OC(C)=O. The molecule has 4 bridgehead atoms. The van der Waals surface area contributed by atoms with E-state index in [1.165, 1.54) is 73.6 Å². The predicted molar refractivity (Wildman–Crippen MR) is 222 cm³/mol. The Kier molecular flexibility index (Phi) is 16.4. The zero-order valence-corrected chi connectivity index (χ0v) is 37.2. The normalized spacial score (nSPS) is 31.3. The Morgan fingerprint density at radius 1 is 0.841 bits per heavy atom. The second kappa shape index (κ2) is 20.1. The Balaban J connectivity index is 0.00000253. The quantitative estimate of drug-likeness (QED) is 0.123. The highest BCUT2D eigenvalue weighted by Gasteiger charge is 2.50. The Morgan fingerprint density at radius 2 is 1.40 bits per heavy atom. The third-order valence-electron chi connectivity index (χ3n) is 10.9. The number of amides is 1. The number of carboxylic acid groups (broad SMARTS) is 1. The third-order valence-corrected chi connectivity index (χ3v) is 10.9. The molecule has 0 fully saturated rings. The van der Waals surface area contributed by atoms with Crippen LogP contribution in [0.1, 0.15) is 90.7 Å². The van der Waals surface area contributed by atoms with Crippen molar-refractivity contribution in [1.29, 1.82) is 0 Å². The number of phenolic OH excluding ortho intramolecular Hbond substituents is 1. The van der Waals surface area contributed by atoms with Crippen molar-refractivity contribution in [1.82, 2.24) is 0 Å². The fraction of sp³-hybridized carbons (Fsp3) is 0.500. The number of Topliss-reactive ketones (excluding diaryl/α,β-unsaturated/α-hetero) is 1. The molecule has 3 aliphatic heterocycles. The number of anilines is 1. The van der Waals surface area contributed by atoms with Crippen molar-refractivity contribution in [3.8, 4) is 11.5 Å². The van der Waals surface area contributed by atoms with Gasteiger partial charge in [-0.05, 0) is 53.2 Å². The number of aromatic hydroxyl groups is 1. The van der Waals surface area contributed by atoms with E-state index in [0.29, 0.717) is 0 Å². The van der Waals surface area contributed by atoms with Crippen molar-refractivity contribution in [3.63, 3.8) is 0 Å². The monoisotopic (exact) mass is 887 g/mol. The minimum Gasteiger partial charge on any atom is -0.505 e. The Morgan fingerprint density at radius 3 is 1.94 bits per heavy atom. The number of ketones is 1. The maximum Gasteiger partial charge on any atom is 0.315 e. The van der Waals surface area contributed by atoms with Gasteiger partial charge < -0.3 is 64.7 Å². The third kappa shape index (κ3) is 11.0. The van der Waals surface area contributed by atoms with E-state index in [1.54, 1.807) is 0 Å². The molecule has 8 N–H and O–H groups in total. The first-order valence-electron chi connectivity index (χ1n) is 19.7. The summed E-state index contributed by atoms with van der Waals surface area (Å²) in [6, 6.07) is 0. The summed E-state index contributed by atoms with van der Waals surface area (Å²) in [4.78, 5) is 75.1. The highest BCUT2D eigenvalue weighted by Crippen LogP contribution is 2.53. The molecule has 1 aliphatic carbocycles. The highest BCUT2D eigenvalue weighted by molar-refractivity contribution is 6.21. The Bertz CT molecular complexity index is 2190. The number of nitrogens with one attached hydrogen (secondary N) is 1. The van der Waals surface area contributed by atoms with Gasteiger partial charge in [0.25, 0.3) is 11.9 Å². The van der Waals surface area contributed by atoms with Gasteiger partial charge in [-0.2, -0.15) is 0 Å². The number of hydrogen-bond acceptors (Lipinski definition) is 17. The zero-order valence-electron chi connectivity index (χ0n) is 37.2. The molecule has 0 spiro atoms. The molecule has 0 saturated carbocycles. The maximum absolute atomic E-state index is 14.0. The number of rotatable bonds is 3. The molecule has 9 unspecified atom stereocenters. The molecule has 5 rings (SSSR count). The first kappa shape index (κ1) is 51.5. The molecule has 1 amide bonds. The number of ether oxygens (including phenoxy) is 5. The fourth-order valence-electron chi connectivity index (χ4n) is 7.66. The van der Waals surface area contributed by atoms with Crippen LogP contribution in [0.4, 0.5) is 5.69 Å². The van der Waals surface area contributed by atoms with Gasteiger partial charge in [-0.25, -0.2) is 0 Å². The predicted octanol–water partition coefficient (Wildman–Crippen LogP) is 2.88. The van der Waals surface area contributed by atoms with Crippen LogP contribution in [0.5, 0.6) is 11.5 Å². The van der Waals surface area contributed by atoms with Crippen LogP contribution in [0.2, 0.25) is 0 Å². The van der Waals surface area contributed by atoms with Crippen LogP contribution < -0.4 is 10.1 Å². The lowest BCUT2D eigenvalue weighted by Gasteiger charge is -2.41. The molecular formula is C44H57NO18. The van der Waals surface area contributed by atoms with Crippen LogP contribution in [-0.4, -0.2) is 121 Å². The molecule has 1 aromatic carbocycles. The van der Waals surface area contributed by atoms with Crippen molar-refractivity contribution >= 4 is 46.8 Å². The molecule has 0 saturated heterocycles. The molecule has 19 nitrogen and oxygen atoms in total. The number of methoxy groups -OCH3 is 1.